The van der Waals surface area contributed by atoms with Crippen LogP contribution in [0.3, 0.4) is 0 Å². The average molecular weight is 330 g/mol. The number of nitrogens with zero attached hydrogens (tertiary/aromatic N) is 2. The summed E-state index contributed by atoms with van der Waals surface area (Å²) >= 11 is 3.93. The van der Waals surface area contributed by atoms with Crippen molar-refractivity contribution in [3.8, 4) is 0 Å². The first kappa shape index (κ1) is 17.2. The summed E-state index contributed by atoms with van der Waals surface area (Å²) in [6, 6.07) is 0.360. The summed E-state index contributed by atoms with van der Waals surface area (Å²) in [6.07, 6.45) is 1.94. The minimum absolute atomic E-state index is 0.180. The van der Waals surface area contributed by atoms with Crippen molar-refractivity contribution < 1.29 is 4.52 Å². The predicted molar refractivity (Wildman–Crippen MR) is 92.1 cm³/mol. The van der Waals surface area contributed by atoms with E-state index in [0.29, 0.717) is 11.3 Å². The maximum Gasteiger partial charge on any atom is 0.228 e. The second-order valence-corrected chi connectivity index (χ2v) is 9.02. The van der Waals surface area contributed by atoms with Crippen LogP contribution in [0.15, 0.2) is 4.52 Å². The maximum absolute atomic E-state index is 5.50. The molecule has 1 N–H and O–H groups in total. The summed E-state index contributed by atoms with van der Waals surface area (Å²) in [5.74, 6) is 5.16. The molecule has 0 bridgehead atoms. The minimum atomic E-state index is 0.180. The van der Waals surface area contributed by atoms with Gasteiger partial charge in [0.25, 0.3) is 0 Å². The van der Waals surface area contributed by atoms with Crippen molar-refractivity contribution in [3.63, 3.8) is 0 Å². The van der Waals surface area contributed by atoms with Gasteiger partial charge in [-0.2, -0.15) is 16.7 Å². The van der Waals surface area contributed by atoms with Crippen molar-refractivity contribution in [1.82, 2.24) is 15.5 Å². The molecule has 1 aliphatic heterocycles. The van der Waals surface area contributed by atoms with Gasteiger partial charge < -0.3 is 9.84 Å². The molecule has 2 atom stereocenters. The van der Waals surface area contributed by atoms with Crippen LogP contribution in [0.4, 0.5) is 0 Å². The summed E-state index contributed by atoms with van der Waals surface area (Å²) < 4.78 is 5.50. The zero-order chi connectivity index (χ0) is 15.3. The highest BCUT2D eigenvalue weighted by atomic mass is 32.2. The average Bonchev–Trinajstić information content (AvgIpc) is 2.92. The molecular weight excluding hydrogens is 302 g/mol. The molecule has 0 aromatic carbocycles. The SMILES string of the molecule is CCCNC(Cc1nc(C2CSCCS2)no1)C(C)(C)C. The standard InChI is InChI=1S/C15H27N3OS2/c1-5-6-16-12(15(2,3)4)9-13-17-14(18-19-13)11-10-20-7-8-21-11/h11-12,16H,5-10H2,1-4H3. The summed E-state index contributed by atoms with van der Waals surface area (Å²) in [5, 5.41) is 8.22. The highest BCUT2D eigenvalue weighted by Gasteiger charge is 2.28. The van der Waals surface area contributed by atoms with Gasteiger partial charge in [-0.1, -0.05) is 32.9 Å². The van der Waals surface area contributed by atoms with Crippen molar-refractivity contribution in [2.24, 2.45) is 5.41 Å². The third-order valence-electron chi connectivity index (χ3n) is 3.65. The highest BCUT2D eigenvalue weighted by molar-refractivity contribution is 8.06. The molecule has 0 spiro atoms. The van der Waals surface area contributed by atoms with E-state index in [2.05, 4.69) is 43.2 Å². The summed E-state index contributed by atoms with van der Waals surface area (Å²) in [6.45, 7) is 9.98. The van der Waals surface area contributed by atoms with E-state index in [-0.39, 0.29) is 5.41 Å². The Kier molecular flexibility index (Phi) is 6.44. The summed E-state index contributed by atoms with van der Waals surface area (Å²) in [7, 11) is 0. The molecule has 21 heavy (non-hydrogen) atoms. The van der Waals surface area contributed by atoms with Crippen molar-refractivity contribution in [1.29, 1.82) is 0 Å². The lowest BCUT2D eigenvalue weighted by molar-refractivity contribution is 0.244. The second kappa shape index (κ2) is 7.88. The van der Waals surface area contributed by atoms with E-state index in [0.717, 1.165) is 36.9 Å². The van der Waals surface area contributed by atoms with Gasteiger partial charge in [0.2, 0.25) is 5.89 Å². The van der Waals surface area contributed by atoms with Gasteiger partial charge in [-0.05, 0) is 18.4 Å². The van der Waals surface area contributed by atoms with Crippen LogP contribution in [-0.4, -0.2) is 40.0 Å². The summed E-state index contributed by atoms with van der Waals surface area (Å²) in [5.41, 5.74) is 0.180. The Labute approximate surface area is 136 Å². The molecule has 4 nitrogen and oxygen atoms in total. The number of thioether (sulfide) groups is 2. The molecule has 2 heterocycles. The fourth-order valence-electron chi connectivity index (χ4n) is 2.30. The monoisotopic (exact) mass is 329 g/mol. The van der Waals surface area contributed by atoms with E-state index in [4.69, 9.17) is 4.52 Å². The van der Waals surface area contributed by atoms with Crippen LogP contribution < -0.4 is 5.32 Å². The predicted octanol–water partition coefficient (Wildman–Crippen LogP) is 3.55. The Balaban J connectivity index is 1.98. The molecule has 6 heteroatoms. The highest BCUT2D eigenvalue weighted by Crippen LogP contribution is 2.35. The lowest BCUT2D eigenvalue weighted by Crippen LogP contribution is -2.42. The van der Waals surface area contributed by atoms with Crippen LogP contribution >= 0.6 is 23.5 Å². The van der Waals surface area contributed by atoms with Crippen LogP contribution in [0.25, 0.3) is 0 Å². The fourth-order valence-corrected chi connectivity index (χ4v) is 4.89. The first-order valence-corrected chi connectivity index (χ1v) is 9.96. The maximum atomic E-state index is 5.50. The lowest BCUT2D eigenvalue weighted by Gasteiger charge is -2.30. The van der Waals surface area contributed by atoms with Gasteiger partial charge >= 0.3 is 0 Å². The molecule has 0 aliphatic carbocycles. The second-order valence-electron chi connectivity index (χ2n) is 6.56. The first-order chi connectivity index (χ1) is 10.0. The van der Waals surface area contributed by atoms with Gasteiger partial charge in [0.15, 0.2) is 5.82 Å². The molecule has 0 amide bonds. The van der Waals surface area contributed by atoms with E-state index in [1.165, 1.54) is 11.5 Å². The molecule has 120 valence electrons. The van der Waals surface area contributed by atoms with E-state index < -0.39 is 0 Å². The Morgan fingerprint density at radius 2 is 2.19 bits per heavy atom. The van der Waals surface area contributed by atoms with Gasteiger partial charge in [0.05, 0.1) is 5.25 Å². The smallest absolute Gasteiger partial charge is 0.228 e. The van der Waals surface area contributed by atoms with Crippen LogP contribution in [0.5, 0.6) is 0 Å². The normalized spacial score (nSPS) is 21.4. The molecule has 1 saturated heterocycles. The molecule has 1 fully saturated rings. The van der Waals surface area contributed by atoms with Crippen molar-refractivity contribution in [2.45, 2.75) is 51.8 Å². The number of hydrogen-bond acceptors (Lipinski definition) is 6. The van der Waals surface area contributed by atoms with Gasteiger partial charge in [0.1, 0.15) is 0 Å². The molecule has 1 aromatic rings. The van der Waals surface area contributed by atoms with Crippen molar-refractivity contribution in [3.05, 3.63) is 11.7 Å². The fraction of sp³-hybridized carbons (Fsp3) is 0.867. The van der Waals surface area contributed by atoms with E-state index in [1.807, 2.05) is 23.5 Å². The van der Waals surface area contributed by atoms with Crippen LogP contribution in [0.1, 0.15) is 51.1 Å². The molecule has 2 unspecified atom stereocenters. The van der Waals surface area contributed by atoms with Gasteiger partial charge in [-0.25, -0.2) is 0 Å². The van der Waals surface area contributed by atoms with Crippen LogP contribution in [0.2, 0.25) is 0 Å². The third kappa shape index (κ3) is 5.18. The topological polar surface area (TPSA) is 51.0 Å². The number of hydrogen-bond donors (Lipinski definition) is 1. The number of aromatic nitrogens is 2. The molecular formula is C15H27N3OS2. The molecule has 1 aromatic heterocycles. The third-order valence-corrected chi connectivity index (χ3v) is 6.40. The van der Waals surface area contributed by atoms with E-state index >= 15 is 0 Å². The zero-order valence-corrected chi connectivity index (χ0v) is 15.1. The number of nitrogens with one attached hydrogen (secondary N) is 1. The molecule has 0 saturated carbocycles. The van der Waals surface area contributed by atoms with E-state index in [9.17, 15) is 0 Å². The quantitative estimate of drug-likeness (QED) is 0.861. The van der Waals surface area contributed by atoms with Crippen molar-refractivity contribution in [2.75, 3.05) is 23.8 Å². The van der Waals surface area contributed by atoms with Crippen molar-refractivity contribution >= 4 is 23.5 Å². The van der Waals surface area contributed by atoms with Crippen LogP contribution in [0, 0.1) is 5.41 Å². The summed E-state index contributed by atoms with van der Waals surface area (Å²) in [4.78, 5) is 4.64. The minimum Gasteiger partial charge on any atom is -0.339 e. The molecule has 0 radical (unpaired) electrons. The Morgan fingerprint density at radius 1 is 1.38 bits per heavy atom. The Hall–Kier alpha value is -0.200. The number of rotatable bonds is 6. The largest absolute Gasteiger partial charge is 0.339 e. The van der Waals surface area contributed by atoms with Gasteiger partial charge in [-0.15, -0.1) is 11.8 Å². The zero-order valence-electron chi connectivity index (χ0n) is 13.5. The molecule has 2 rings (SSSR count). The van der Waals surface area contributed by atoms with Crippen LogP contribution in [-0.2, 0) is 6.42 Å². The lowest BCUT2D eigenvalue weighted by atomic mass is 9.84. The van der Waals surface area contributed by atoms with E-state index in [1.54, 1.807) is 0 Å². The van der Waals surface area contributed by atoms with Gasteiger partial charge in [0, 0.05) is 29.7 Å². The Morgan fingerprint density at radius 3 is 2.81 bits per heavy atom. The Bertz CT molecular complexity index is 425. The molecule has 1 aliphatic rings. The van der Waals surface area contributed by atoms with Gasteiger partial charge in [-0.3, -0.25) is 0 Å². The first-order valence-electron chi connectivity index (χ1n) is 7.76.